The number of amides is 1. The van der Waals surface area contributed by atoms with Crippen molar-refractivity contribution in [1.29, 1.82) is 0 Å². The van der Waals surface area contributed by atoms with Crippen molar-refractivity contribution in [2.45, 2.75) is 44.4 Å². The van der Waals surface area contributed by atoms with Crippen molar-refractivity contribution < 1.29 is 14.6 Å². The van der Waals surface area contributed by atoms with Gasteiger partial charge in [-0.15, -0.1) is 23.7 Å². The van der Waals surface area contributed by atoms with Crippen LogP contribution >= 0.6 is 23.7 Å². The van der Waals surface area contributed by atoms with E-state index in [2.05, 4.69) is 10.3 Å². The largest absolute Gasteiger partial charge is 0.488 e. The number of thiazole rings is 1. The maximum atomic E-state index is 12.1. The molecule has 0 saturated heterocycles. The Kier molecular flexibility index (Phi) is 7.19. The Labute approximate surface area is 156 Å². The van der Waals surface area contributed by atoms with Crippen LogP contribution in [0.3, 0.4) is 0 Å². The number of nitrogens with zero attached hydrogens (tertiary/aromatic N) is 1. The van der Waals surface area contributed by atoms with E-state index in [1.165, 1.54) is 11.3 Å². The molecule has 0 spiro atoms. The molecule has 2 atom stereocenters. The maximum Gasteiger partial charge on any atom is 0.275 e. The van der Waals surface area contributed by atoms with Crippen LogP contribution in [0.5, 0.6) is 5.75 Å². The van der Waals surface area contributed by atoms with Gasteiger partial charge in [-0.25, -0.2) is 4.98 Å². The van der Waals surface area contributed by atoms with Gasteiger partial charge in [0.25, 0.3) is 5.91 Å². The lowest BCUT2D eigenvalue weighted by Crippen LogP contribution is -2.34. The molecule has 1 fully saturated rings. The van der Waals surface area contributed by atoms with E-state index in [0.29, 0.717) is 23.7 Å². The SMILES string of the molecule is Cl.NCc1nc(C(=O)Nc2ccc(OC3CCCCC3O)cc2)cs1. The Hall–Kier alpha value is -1.67. The molecule has 3 rings (SSSR count). The van der Waals surface area contributed by atoms with Crippen LogP contribution < -0.4 is 15.8 Å². The van der Waals surface area contributed by atoms with Crippen molar-refractivity contribution >= 4 is 35.3 Å². The number of hydrogen-bond acceptors (Lipinski definition) is 6. The summed E-state index contributed by atoms with van der Waals surface area (Å²) in [5, 5.41) is 15.2. The summed E-state index contributed by atoms with van der Waals surface area (Å²) in [5.74, 6) is 0.431. The second-order valence-electron chi connectivity index (χ2n) is 5.82. The van der Waals surface area contributed by atoms with Gasteiger partial charge in [0.05, 0.1) is 6.10 Å². The summed E-state index contributed by atoms with van der Waals surface area (Å²) in [6.45, 7) is 0.330. The molecule has 1 saturated carbocycles. The number of rotatable bonds is 5. The van der Waals surface area contributed by atoms with Gasteiger partial charge in [-0.1, -0.05) is 6.42 Å². The molecule has 1 aliphatic rings. The summed E-state index contributed by atoms with van der Waals surface area (Å²) in [4.78, 5) is 16.3. The second-order valence-corrected chi connectivity index (χ2v) is 6.76. The highest BCUT2D eigenvalue weighted by Gasteiger charge is 2.24. The normalized spacial score (nSPS) is 19.8. The predicted octanol–water partition coefficient (Wildman–Crippen LogP) is 2.96. The molecule has 2 unspecified atom stereocenters. The first-order valence-corrected chi connectivity index (χ1v) is 8.94. The van der Waals surface area contributed by atoms with Gasteiger partial charge in [0.15, 0.2) is 0 Å². The Morgan fingerprint density at radius 1 is 1.32 bits per heavy atom. The minimum absolute atomic E-state index is 0. The summed E-state index contributed by atoms with van der Waals surface area (Å²) in [6.07, 6.45) is 3.23. The summed E-state index contributed by atoms with van der Waals surface area (Å²) in [7, 11) is 0. The minimum Gasteiger partial charge on any atom is -0.488 e. The number of halogens is 1. The number of nitrogens with one attached hydrogen (secondary N) is 1. The van der Waals surface area contributed by atoms with Gasteiger partial charge in [0.1, 0.15) is 22.6 Å². The number of anilines is 1. The Morgan fingerprint density at radius 3 is 2.68 bits per heavy atom. The fourth-order valence-electron chi connectivity index (χ4n) is 2.71. The Morgan fingerprint density at radius 2 is 2.04 bits per heavy atom. The molecule has 136 valence electrons. The van der Waals surface area contributed by atoms with Crippen molar-refractivity contribution in [2.24, 2.45) is 5.73 Å². The Balaban J connectivity index is 0.00000225. The molecule has 1 aliphatic carbocycles. The molecule has 1 aromatic heterocycles. The highest BCUT2D eigenvalue weighted by Crippen LogP contribution is 2.25. The summed E-state index contributed by atoms with van der Waals surface area (Å²) in [5.41, 5.74) is 6.54. The number of hydrogen-bond donors (Lipinski definition) is 3. The van der Waals surface area contributed by atoms with E-state index < -0.39 is 6.10 Å². The number of ether oxygens (including phenoxy) is 1. The van der Waals surface area contributed by atoms with Crippen molar-refractivity contribution in [3.05, 3.63) is 40.3 Å². The molecule has 0 bridgehead atoms. The summed E-state index contributed by atoms with van der Waals surface area (Å²) < 4.78 is 5.84. The molecule has 1 aromatic carbocycles. The Bertz CT molecular complexity index is 693. The van der Waals surface area contributed by atoms with Crippen molar-refractivity contribution in [2.75, 3.05) is 5.32 Å². The molecule has 8 heteroatoms. The first-order chi connectivity index (χ1) is 11.7. The van der Waals surface area contributed by atoms with Gasteiger partial charge >= 0.3 is 0 Å². The number of aromatic nitrogens is 1. The molecular weight excluding hydrogens is 362 g/mol. The van der Waals surface area contributed by atoms with Gasteiger partial charge < -0.3 is 20.9 Å². The topological polar surface area (TPSA) is 97.5 Å². The molecule has 0 radical (unpaired) electrons. The van der Waals surface area contributed by atoms with Crippen LogP contribution in [-0.2, 0) is 6.54 Å². The minimum atomic E-state index is -0.403. The first-order valence-electron chi connectivity index (χ1n) is 8.06. The number of aliphatic hydroxyl groups is 1. The zero-order valence-corrected chi connectivity index (χ0v) is 15.3. The van der Waals surface area contributed by atoms with Crippen LogP contribution in [0.2, 0.25) is 0 Å². The highest BCUT2D eigenvalue weighted by molar-refractivity contribution is 7.09. The van der Waals surface area contributed by atoms with Gasteiger partial charge in [-0.05, 0) is 43.5 Å². The monoisotopic (exact) mass is 383 g/mol. The van der Waals surface area contributed by atoms with Gasteiger partial charge in [0.2, 0.25) is 0 Å². The van der Waals surface area contributed by atoms with Crippen LogP contribution in [-0.4, -0.2) is 28.2 Å². The lowest BCUT2D eigenvalue weighted by atomic mass is 9.95. The molecular formula is C17H22ClN3O3S. The van der Waals surface area contributed by atoms with Crippen molar-refractivity contribution in [3.63, 3.8) is 0 Å². The fourth-order valence-corrected chi connectivity index (χ4v) is 3.37. The fraction of sp³-hybridized carbons (Fsp3) is 0.412. The van der Waals surface area contributed by atoms with Crippen molar-refractivity contribution in [1.82, 2.24) is 4.98 Å². The number of nitrogens with two attached hydrogens (primary N) is 1. The smallest absolute Gasteiger partial charge is 0.275 e. The zero-order chi connectivity index (χ0) is 16.9. The van der Waals surface area contributed by atoms with E-state index in [1.807, 2.05) is 0 Å². The molecule has 4 N–H and O–H groups in total. The third-order valence-corrected chi connectivity index (χ3v) is 4.90. The predicted molar refractivity (Wildman–Crippen MR) is 101 cm³/mol. The van der Waals surface area contributed by atoms with E-state index in [1.54, 1.807) is 29.6 Å². The molecule has 1 amide bonds. The van der Waals surface area contributed by atoms with Gasteiger partial charge in [0, 0.05) is 17.6 Å². The molecule has 6 nitrogen and oxygen atoms in total. The number of aliphatic hydroxyl groups excluding tert-OH is 1. The van der Waals surface area contributed by atoms with Crippen LogP contribution in [0.25, 0.3) is 0 Å². The number of carbonyl (C=O) groups is 1. The van der Waals surface area contributed by atoms with E-state index in [0.717, 1.165) is 30.7 Å². The number of benzene rings is 1. The summed E-state index contributed by atoms with van der Waals surface area (Å²) in [6, 6.07) is 7.14. The van der Waals surface area contributed by atoms with E-state index in [-0.39, 0.29) is 24.4 Å². The van der Waals surface area contributed by atoms with Gasteiger partial charge in [-0.2, -0.15) is 0 Å². The lowest BCUT2D eigenvalue weighted by Gasteiger charge is -2.28. The average Bonchev–Trinajstić information content (AvgIpc) is 3.08. The maximum absolute atomic E-state index is 12.1. The highest BCUT2D eigenvalue weighted by atomic mass is 35.5. The third kappa shape index (κ3) is 5.15. The zero-order valence-electron chi connectivity index (χ0n) is 13.7. The summed E-state index contributed by atoms with van der Waals surface area (Å²) >= 11 is 1.37. The average molecular weight is 384 g/mol. The second kappa shape index (κ2) is 9.15. The first kappa shape index (κ1) is 19.7. The molecule has 1 heterocycles. The molecule has 25 heavy (non-hydrogen) atoms. The lowest BCUT2D eigenvalue weighted by molar-refractivity contribution is 0.00688. The third-order valence-electron chi connectivity index (χ3n) is 4.03. The molecule has 2 aromatic rings. The molecule has 0 aliphatic heterocycles. The van der Waals surface area contributed by atoms with Gasteiger partial charge in [-0.3, -0.25) is 4.79 Å². The van der Waals surface area contributed by atoms with E-state index >= 15 is 0 Å². The van der Waals surface area contributed by atoms with Crippen LogP contribution in [0.1, 0.15) is 41.2 Å². The van der Waals surface area contributed by atoms with E-state index in [4.69, 9.17) is 10.5 Å². The van der Waals surface area contributed by atoms with Crippen LogP contribution in [0.4, 0.5) is 5.69 Å². The van der Waals surface area contributed by atoms with Crippen LogP contribution in [0, 0.1) is 0 Å². The quantitative estimate of drug-likeness (QED) is 0.737. The van der Waals surface area contributed by atoms with E-state index in [9.17, 15) is 9.90 Å². The van der Waals surface area contributed by atoms with Crippen molar-refractivity contribution in [3.8, 4) is 5.75 Å². The number of carbonyl (C=O) groups excluding carboxylic acids is 1. The van der Waals surface area contributed by atoms with Crippen LogP contribution in [0.15, 0.2) is 29.6 Å². The standard InChI is InChI=1S/C17H21N3O3S.ClH/c18-9-16-20-13(10-24-16)17(22)19-11-5-7-12(8-6-11)23-15-4-2-1-3-14(15)21;/h5-8,10,14-15,21H,1-4,9,18H2,(H,19,22);1H.